The second-order valence-corrected chi connectivity index (χ2v) is 7.03. The Hall–Kier alpha value is -2.18. The summed E-state index contributed by atoms with van der Waals surface area (Å²) < 4.78 is 25.8. The van der Waals surface area contributed by atoms with Gasteiger partial charge in [0.1, 0.15) is 5.69 Å². The third-order valence-electron chi connectivity index (χ3n) is 3.18. The van der Waals surface area contributed by atoms with Crippen molar-refractivity contribution in [3.63, 3.8) is 0 Å². The topological polar surface area (TPSA) is 64.8 Å². The third-order valence-corrected chi connectivity index (χ3v) is 4.97. The zero-order chi connectivity index (χ0) is 15.7. The normalized spacial score (nSPS) is 11.5. The third kappa shape index (κ3) is 2.75. The molecule has 0 saturated carbocycles. The Kier molecular flexibility index (Phi) is 3.72. The molecule has 1 heterocycles. The number of halogens is 1. The van der Waals surface area contributed by atoms with Gasteiger partial charge in [-0.25, -0.2) is 0 Å². The molecule has 22 heavy (non-hydrogen) atoms. The Labute approximate surface area is 133 Å². The monoisotopic (exact) mass is 333 g/mol. The predicted octanol–water partition coefficient (Wildman–Crippen LogP) is 3.14. The van der Waals surface area contributed by atoms with Crippen LogP contribution >= 0.6 is 11.6 Å². The molecule has 3 aromatic rings. The lowest BCUT2D eigenvalue weighted by atomic mass is 10.2. The average molecular weight is 334 g/mol. The maximum absolute atomic E-state index is 12.5. The van der Waals surface area contributed by atoms with Crippen molar-refractivity contribution in [1.29, 1.82) is 0 Å². The van der Waals surface area contributed by atoms with Crippen LogP contribution in [0, 0.1) is 6.92 Å². The van der Waals surface area contributed by atoms with Crippen LogP contribution in [0.25, 0.3) is 11.3 Å². The molecule has 0 atom stereocenters. The number of hydrogen-bond acceptors (Lipinski definition) is 4. The quantitative estimate of drug-likeness (QED) is 0.738. The number of aromatic nitrogens is 3. The fraction of sp³-hybridized carbons (Fsp3) is 0.0667. The van der Waals surface area contributed by atoms with E-state index >= 15 is 0 Å². The first kappa shape index (κ1) is 14.7. The van der Waals surface area contributed by atoms with Crippen molar-refractivity contribution in [2.24, 2.45) is 0 Å². The second-order valence-electron chi connectivity index (χ2n) is 4.80. The van der Waals surface area contributed by atoms with Crippen LogP contribution in [0.1, 0.15) is 5.56 Å². The predicted molar refractivity (Wildman–Crippen MR) is 84.2 cm³/mol. The molecular weight excluding hydrogens is 322 g/mol. The van der Waals surface area contributed by atoms with Crippen molar-refractivity contribution in [1.82, 2.24) is 14.4 Å². The van der Waals surface area contributed by atoms with E-state index in [1.807, 2.05) is 6.92 Å². The van der Waals surface area contributed by atoms with Crippen molar-refractivity contribution >= 4 is 21.6 Å². The lowest BCUT2D eigenvalue weighted by Crippen LogP contribution is -2.13. The summed E-state index contributed by atoms with van der Waals surface area (Å²) in [6.07, 6.45) is 1.39. The highest BCUT2D eigenvalue weighted by Crippen LogP contribution is 2.21. The molecule has 0 spiro atoms. The molecule has 0 bridgehead atoms. The fourth-order valence-electron chi connectivity index (χ4n) is 1.94. The zero-order valence-corrected chi connectivity index (χ0v) is 13.2. The van der Waals surface area contributed by atoms with Crippen molar-refractivity contribution in [3.8, 4) is 11.3 Å². The van der Waals surface area contributed by atoms with E-state index in [0.29, 0.717) is 10.7 Å². The summed E-state index contributed by atoms with van der Waals surface area (Å²) in [5.41, 5.74) is 2.20. The maximum atomic E-state index is 12.5. The molecule has 2 aromatic carbocycles. The van der Waals surface area contributed by atoms with Crippen LogP contribution in [-0.4, -0.2) is 22.8 Å². The molecule has 0 aliphatic heterocycles. The van der Waals surface area contributed by atoms with Gasteiger partial charge in [-0.2, -0.15) is 8.42 Å². The van der Waals surface area contributed by atoms with E-state index in [0.717, 1.165) is 15.2 Å². The van der Waals surface area contributed by atoms with Gasteiger partial charge in [-0.15, -0.1) is 9.19 Å². The summed E-state index contributed by atoms with van der Waals surface area (Å²) in [6, 6.07) is 13.5. The zero-order valence-electron chi connectivity index (χ0n) is 11.6. The molecule has 0 unspecified atom stereocenters. The summed E-state index contributed by atoms with van der Waals surface area (Å²) in [5.74, 6) is 0. The number of nitrogens with zero attached hydrogens (tertiary/aromatic N) is 3. The molecule has 3 rings (SSSR count). The summed E-state index contributed by atoms with van der Waals surface area (Å²) in [5, 5.41) is 8.25. The fourth-order valence-corrected chi connectivity index (χ4v) is 3.13. The van der Waals surface area contributed by atoms with Crippen LogP contribution in [0.15, 0.2) is 59.6 Å². The van der Waals surface area contributed by atoms with Crippen molar-refractivity contribution < 1.29 is 8.42 Å². The Morgan fingerprint density at radius 2 is 1.64 bits per heavy atom. The minimum absolute atomic E-state index is 0.172. The largest absolute Gasteiger partial charge is 0.284 e. The van der Waals surface area contributed by atoms with E-state index in [1.54, 1.807) is 48.5 Å². The smallest absolute Gasteiger partial charge is 0.199 e. The van der Waals surface area contributed by atoms with Crippen LogP contribution in [-0.2, 0) is 10.0 Å². The number of aryl methyl sites for hydroxylation is 1. The van der Waals surface area contributed by atoms with E-state index < -0.39 is 10.0 Å². The van der Waals surface area contributed by atoms with Gasteiger partial charge in [0.15, 0.2) is 0 Å². The Morgan fingerprint density at radius 3 is 2.27 bits per heavy atom. The van der Waals surface area contributed by atoms with Gasteiger partial charge in [-0.3, -0.25) is 0 Å². The Morgan fingerprint density at radius 1 is 1.00 bits per heavy atom. The van der Waals surface area contributed by atoms with E-state index in [1.165, 1.54) is 6.20 Å². The average Bonchev–Trinajstić information content (AvgIpc) is 2.99. The molecular formula is C15H12ClN3O2S. The van der Waals surface area contributed by atoms with Gasteiger partial charge in [0, 0.05) is 10.6 Å². The SMILES string of the molecule is Cc1ccc(S(=O)(=O)n2cc(-c3ccc(Cl)cc3)nn2)cc1. The minimum Gasteiger partial charge on any atom is -0.199 e. The highest BCUT2D eigenvalue weighted by Gasteiger charge is 2.19. The van der Waals surface area contributed by atoms with Crippen molar-refractivity contribution in [3.05, 3.63) is 65.3 Å². The lowest BCUT2D eigenvalue weighted by molar-refractivity contribution is 0.577. The van der Waals surface area contributed by atoms with Gasteiger partial charge in [0.05, 0.1) is 11.1 Å². The molecule has 0 saturated heterocycles. The molecule has 0 N–H and O–H groups in total. The van der Waals surface area contributed by atoms with Crippen molar-refractivity contribution in [2.75, 3.05) is 0 Å². The van der Waals surface area contributed by atoms with E-state index in [9.17, 15) is 8.42 Å². The standard InChI is InChI=1S/C15H12ClN3O2S/c1-11-2-8-14(9-3-11)22(20,21)19-10-15(17-18-19)12-4-6-13(16)7-5-12/h2-10H,1H3. The van der Waals surface area contributed by atoms with Gasteiger partial charge in [-0.05, 0) is 31.2 Å². The van der Waals surface area contributed by atoms with Crippen LogP contribution in [0.5, 0.6) is 0 Å². The first-order valence-electron chi connectivity index (χ1n) is 6.47. The summed E-state index contributed by atoms with van der Waals surface area (Å²) in [6.45, 7) is 1.89. The van der Waals surface area contributed by atoms with Crippen molar-refractivity contribution in [2.45, 2.75) is 11.8 Å². The number of benzene rings is 2. The highest BCUT2D eigenvalue weighted by molar-refractivity contribution is 7.89. The van der Waals surface area contributed by atoms with Crippen LogP contribution < -0.4 is 0 Å². The molecule has 5 nitrogen and oxygen atoms in total. The van der Waals surface area contributed by atoms with Gasteiger partial charge in [0.2, 0.25) is 0 Å². The van der Waals surface area contributed by atoms with Gasteiger partial charge in [-0.1, -0.05) is 46.6 Å². The van der Waals surface area contributed by atoms with E-state index in [4.69, 9.17) is 11.6 Å². The molecule has 0 amide bonds. The molecule has 0 aliphatic carbocycles. The molecule has 1 aromatic heterocycles. The van der Waals surface area contributed by atoms with Crippen LogP contribution in [0.2, 0.25) is 5.02 Å². The molecule has 7 heteroatoms. The number of rotatable bonds is 3. The highest BCUT2D eigenvalue weighted by atomic mass is 35.5. The lowest BCUT2D eigenvalue weighted by Gasteiger charge is -2.03. The Bertz CT molecular complexity index is 901. The summed E-state index contributed by atoms with van der Waals surface area (Å²) >= 11 is 5.83. The van der Waals surface area contributed by atoms with Crippen LogP contribution in [0.4, 0.5) is 0 Å². The maximum Gasteiger partial charge on any atom is 0.284 e. The number of hydrogen-bond donors (Lipinski definition) is 0. The Balaban J connectivity index is 1.99. The van der Waals surface area contributed by atoms with Gasteiger partial charge < -0.3 is 0 Å². The second kappa shape index (κ2) is 5.55. The molecule has 0 fully saturated rings. The van der Waals surface area contributed by atoms with E-state index in [-0.39, 0.29) is 4.90 Å². The summed E-state index contributed by atoms with van der Waals surface area (Å²) in [7, 11) is -3.73. The minimum atomic E-state index is -3.73. The van der Waals surface area contributed by atoms with Gasteiger partial charge >= 0.3 is 0 Å². The van der Waals surface area contributed by atoms with Crippen LogP contribution in [0.3, 0.4) is 0 Å². The van der Waals surface area contributed by atoms with E-state index in [2.05, 4.69) is 10.3 Å². The molecule has 0 radical (unpaired) electrons. The first-order valence-corrected chi connectivity index (χ1v) is 8.29. The van der Waals surface area contributed by atoms with Gasteiger partial charge in [0.25, 0.3) is 10.0 Å². The molecule has 0 aliphatic rings. The first-order chi connectivity index (χ1) is 10.5. The molecule has 112 valence electrons. The summed E-state index contributed by atoms with van der Waals surface area (Å²) in [4.78, 5) is 0.172.